The molecule has 0 radical (unpaired) electrons. The predicted octanol–water partition coefficient (Wildman–Crippen LogP) is 6.07. The molecule has 2 aromatic heterocycles. The maximum atomic E-state index is 13.5. The van der Waals surface area contributed by atoms with Gasteiger partial charge in [-0.15, -0.1) is 0 Å². The fourth-order valence-corrected chi connectivity index (χ4v) is 4.74. The molecule has 6 nitrogen and oxygen atoms in total. The number of nitrogens with zero attached hydrogens (tertiary/aromatic N) is 4. The topological polar surface area (TPSA) is 64.9 Å². The van der Waals surface area contributed by atoms with Crippen LogP contribution in [0.3, 0.4) is 0 Å². The van der Waals surface area contributed by atoms with Crippen LogP contribution in [0.25, 0.3) is 11.3 Å². The first-order chi connectivity index (χ1) is 16.8. The van der Waals surface area contributed by atoms with Crippen LogP contribution in [-0.4, -0.2) is 26.4 Å². The van der Waals surface area contributed by atoms with Crippen molar-refractivity contribution in [2.75, 3.05) is 11.3 Å². The number of halogens is 4. The quantitative estimate of drug-likeness (QED) is 0.265. The number of ether oxygens (including phenoxy) is 1. The lowest BCUT2D eigenvalue weighted by molar-refractivity contribution is -0.137. The highest BCUT2D eigenvalue weighted by Gasteiger charge is 2.33. The molecule has 1 unspecified atom stereocenters. The van der Waals surface area contributed by atoms with E-state index in [-0.39, 0.29) is 11.9 Å². The molecule has 180 valence electrons. The molecule has 0 fully saturated rings. The van der Waals surface area contributed by atoms with E-state index >= 15 is 0 Å². The fourth-order valence-electron chi connectivity index (χ4n) is 4.12. The van der Waals surface area contributed by atoms with E-state index in [1.807, 2.05) is 18.2 Å². The normalized spacial score (nSPS) is 15.4. The van der Waals surface area contributed by atoms with E-state index < -0.39 is 17.6 Å². The Balaban J connectivity index is 1.48. The zero-order chi connectivity index (χ0) is 24.6. The van der Waals surface area contributed by atoms with Gasteiger partial charge in [0.25, 0.3) is 0 Å². The van der Waals surface area contributed by atoms with Crippen LogP contribution in [0.2, 0.25) is 0 Å². The van der Waals surface area contributed by atoms with Crippen LogP contribution in [0.4, 0.5) is 23.5 Å². The van der Waals surface area contributed by atoms with Crippen molar-refractivity contribution >= 4 is 17.9 Å². The van der Waals surface area contributed by atoms with Crippen LogP contribution in [0.1, 0.15) is 29.0 Å². The molecule has 0 saturated carbocycles. The highest BCUT2D eigenvalue weighted by molar-refractivity contribution is 8.00. The Morgan fingerprint density at radius 1 is 1.06 bits per heavy atom. The van der Waals surface area contributed by atoms with Gasteiger partial charge in [0.05, 0.1) is 30.3 Å². The molecule has 4 aromatic rings. The van der Waals surface area contributed by atoms with E-state index in [0.717, 1.165) is 34.5 Å². The molecule has 0 saturated heterocycles. The summed E-state index contributed by atoms with van der Waals surface area (Å²) in [5, 5.41) is 4.15. The Labute approximate surface area is 202 Å². The van der Waals surface area contributed by atoms with Gasteiger partial charge in [-0.05, 0) is 54.3 Å². The summed E-state index contributed by atoms with van der Waals surface area (Å²) in [6.07, 6.45) is -0.121. The lowest BCUT2D eigenvalue weighted by Gasteiger charge is -2.28. The molecule has 1 aliphatic rings. The van der Waals surface area contributed by atoms with Crippen LogP contribution in [0.15, 0.2) is 66.0 Å². The van der Waals surface area contributed by atoms with E-state index in [0.29, 0.717) is 30.0 Å². The summed E-state index contributed by atoms with van der Waals surface area (Å²) < 4.78 is 63.9. The van der Waals surface area contributed by atoms with E-state index in [1.165, 1.54) is 18.0 Å². The number of hydrogen-bond acceptors (Lipinski definition) is 6. The fraction of sp³-hybridized carbons (Fsp3) is 0.208. The van der Waals surface area contributed by atoms with Crippen molar-refractivity contribution in [1.82, 2.24) is 19.7 Å². The minimum absolute atomic E-state index is 0.154. The van der Waals surface area contributed by atoms with Crippen molar-refractivity contribution in [2.24, 2.45) is 7.05 Å². The summed E-state index contributed by atoms with van der Waals surface area (Å²) in [4.78, 5) is 8.54. The van der Waals surface area contributed by atoms with Crippen LogP contribution in [-0.2, 0) is 13.2 Å². The number of anilines is 1. The number of hydrogen-bond donors (Lipinski definition) is 1. The highest BCUT2D eigenvalue weighted by atomic mass is 32.2. The first-order valence-corrected chi connectivity index (χ1v) is 11.5. The van der Waals surface area contributed by atoms with Crippen molar-refractivity contribution < 1.29 is 22.3 Å². The Hall–Kier alpha value is -3.60. The number of aromatic nitrogens is 4. The number of aryl methyl sites for hydroxylation is 1. The van der Waals surface area contributed by atoms with E-state index in [2.05, 4.69) is 19.8 Å². The zero-order valence-corrected chi connectivity index (χ0v) is 19.2. The lowest BCUT2D eigenvalue weighted by atomic mass is 9.83. The third kappa shape index (κ3) is 4.81. The average molecular weight is 502 g/mol. The summed E-state index contributed by atoms with van der Waals surface area (Å²) in [7, 11) is 1.71. The van der Waals surface area contributed by atoms with Crippen molar-refractivity contribution in [3.63, 3.8) is 0 Å². The number of rotatable bonds is 5. The Kier molecular flexibility index (Phi) is 6.10. The second-order valence-corrected chi connectivity index (χ2v) is 8.84. The molecular formula is C24H19F4N5OS. The second-order valence-electron chi connectivity index (χ2n) is 7.96. The highest BCUT2D eigenvalue weighted by Crippen LogP contribution is 2.44. The lowest BCUT2D eigenvalue weighted by Crippen LogP contribution is -2.17. The molecule has 35 heavy (non-hydrogen) atoms. The largest absolute Gasteiger partial charge is 0.493 e. The van der Waals surface area contributed by atoms with Gasteiger partial charge in [-0.3, -0.25) is 9.40 Å². The summed E-state index contributed by atoms with van der Waals surface area (Å²) in [5.41, 5.74) is 2.07. The molecule has 1 N–H and O–H groups in total. The van der Waals surface area contributed by atoms with E-state index in [1.54, 1.807) is 30.1 Å². The van der Waals surface area contributed by atoms with Gasteiger partial charge in [0.15, 0.2) is 5.82 Å². The van der Waals surface area contributed by atoms with Crippen LogP contribution in [0, 0.1) is 5.82 Å². The molecule has 3 heterocycles. The number of nitrogens with one attached hydrogen (secondary N) is 1. The number of alkyl halides is 3. The minimum atomic E-state index is -4.45. The summed E-state index contributed by atoms with van der Waals surface area (Å²) in [5.74, 6) is 0.239. The van der Waals surface area contributed by atoms with Gasteiger partial charge in [-0.1, -0.05) is 12.1 Å². The predicted molar refractivity (Wildman–Crippen MR) is 124 cm³/mol. The molecule has 11 heteroatoms. The van der Waals surface area contributed by atoms with Crippen LogP contribution in [0.5, 0.6) is 5.75 Å². The van der Waals surface area contributed by atoms with Crippen molar-refractivity contribution in [3.05, 3.63) is 83.6 Å². The first kappa shape index (κ1) is 23.2. The molecule has 0 spiro atoms. The third-order valence-electron chi connectivity index (χ3n) is 5.76. The van der Waals surface area contributed by atoms with Gasteiger partial charge in [0, 0.05) is 35.2 Å². The molecule has 0 bridgehead atoms. The van der Waals surface area contributed by atoms with Gasteiger partial charge in [-0.2, -0.15) is 18.3 Å². The number of benzene rings is 2. The molecular weight excluding hydrogens is 482 g/mol. The van der Waals surface area contributed by atoms with Crippen LogP contribution < -0.4 is 9.46 Å². The maximum Gasteiger partial charge on any atom is 0.416 e. The summed E-state index contributed by atoms with van der Waals surface area (Å²) >= 11 is 1.24. The standard InChI is InChI=1S/C24H19F4N5OS/c1-33-21(6-8-31-33)20-10-14(24(26,27)28)2-4-17(20)18-7-9-34-22-11-16(3-5-19(18)22)35-32-23-29-12-15(25)13-30-23/h2-6,8,10-13,18H,7,9H2,1H3,(H,29,30,32). The smallest absolute Gasteiger partial charge is 0.416 e. The van der Waals surface area contributed by atoms with Gasteiger partial charge < -0.3 is 4.74 Å². The SMILES string of the molecule is Cn1nccc1-c1cc(C(F)(F)F)ccc1C1CCOc2cc(SNc3ncc(F)cn3)ccc21. The molecule has 0 aliphatic carbocycles. The second kappa shape index (κ2) is 9.21. The van der Waals surface area contributed by atoms with Gasteiger partial charge >= 0.3 is 6.18 Å². The molecule has 5 rings (SSSR count). The Morgan fingerprint density at radius 3 is 2.54 bits per heavy atom. The molecule has 0 amide bonds. The monoisotopic (exact) mass is 501 g/mol. The third-order valence-corrected chi connectivity index (χ3v) is 6.53. The van der Waals surface area contributed by atoms with E-state index in [9.17, 15) is 17.6 Å². The maximum absolute atomic E-state index is 13.5. The van der Waals surface area contributed by atoms with Gasteiger partial charge in [-0.25, -0.2) is 14.4 Å². The van der Waals surface area contributed by atoms with E-state index in [4.69, 9.17) is 4.74 Å². The summed E-state index contributed by atoms with van der Waals surface area (Å²) in [6, 6.07) is 11.2. The van der Waals surface area contributed by atoms with Crippen LogP contribution >= 0.6 is 11.9 Å². The Morgan fingerprint density at radius 2 is 1.83 bits per heavy atom. The zero-order valence-electron chi connectivity index (χ0n) is 18.4. The average Bonchev–Trinajstić information content (AvgIpc) is 3.28. The first-order valence-electron chi connectivity index (χ1n) is 10.7. The van der Waals surface area contributed by atoms with Crippen molar-refractivity contribution in [1.29, 1.82) is 0 Å². The van der Waals surface area contributed by atoms with Gasteiger partial charge in [0.2, 0.25) is 5.95 Å². The molecule has 1 atom stereocenters. The Bertz CT molecular complexity index is 1360. The molecule has 1 aliphatic heterocycles. The van der Waals surface area contributed by atoms with Gasteiger partial charge in [0.1, 0.15) is 5.75 Å². The minimum Gasteiger partial charge on any atom is -0.493 e. The van der Waals surface area contributed by atoms with Crippen molar-refractivity contribution in [2.45, 2.75) is 23.4 Å². The summed E-state index contributed by atoms with van der Waals surface area (Å²) in [6.45, 7) is 0.423. The molecule has 2 aromatic carbocycles. The number of fused-ring (bicyclic) bond motifs is 1. The van der Waals surface area contributed by atoms with Crippen molar-refractivity contribution in [3.8, 4) is 17.0 Å².